The Hall–Kier alpha value is -1.93. The Labute approximate surface area is 117 Å². The molecule has 0 saturated heterocycles. The summed E-state index contributed by atoms with van der Waals surface area (Å²) in [7, 11) is 0. The van der Waals surface area contributed by atoms with Crippen molar-refractivity contribution in [2.24, 2.45) is 0 Å². The molecule has 2 rings (SSSR count). The number of hydrogen-bond donors (Lipinski definition) is 0. The van der Waals surface area contributed by atoms with Gasteiger partial charge in [0.1, 0.15) is 18.5 Å². The number of halogens is 3. The van der Waals surface area contributed by atoms with Crippen LogP contribution in [0.15, 0.2) is 40.9 Å². The molecular formula is C14H8BrF2NO. The second kappa shape index (κ2) is 5.81. The second-order valence-corrected chi connectivity index (χ2v) is 4.71. The fourth-order valence-electron chi connectivity index (χ4n) is 1.50. The topological polar surface area (TPSA) is 33.0 Å². The highest BCUT2D eigenvalue weighted by molar-refractivity contribution is 9.10. The van der Waals surface area contributed by atoms with Crippen LogP contribution in [-0.4, -0.2) is 0 Å². The van der Waals surface area contributed by atoms with Crippen molar-refractivity contribution >= 4 is 15.9 Å². The second-order valence-electron chi connectivity index (χ2n) is 3.79. The summed E-state index contributed by atoms with van der Waals surface area (Å²) in [5.41, 5.74) is 0.539. The van der Waals surface area contributed by atoms with Crippen molar-refractivity contribution in [3.63, 3.8) is 0 Å². The van der Waals surface area contributed by atoms with E-state index in [1.807, 2.05) is 0 Å². The third-order valence-corrected chi connectivity index (χ3v) is 2.93. The van der Waals surface area contributed by atoms with Gasteiger partial charge in [-0.15, -0.1) is 0 Å². The Morgan fingerprint density at radius 2 is 1.89 bits per heavy atom. The summed E-state index contributed by atoms with van der Waals surface area (Å²) in [5.74, 6) is -0.968. The summed E-state index contributed by atoms with van der Waals surface area (Å²) >= 11 is 3.15. The minimum Gasteiger partial charge on any atom is -0.486 e. The van der Waals surface area contributed by atoms with E-state index in [0.717, 1.165) is 0 Å². The summed E-state index contributed by atoms with van der Waals surface area (Å²) in [6.07, 6.45) is 0. The molecule has 19 heavy (non-hydrogen) atoms. The van der Waals surface area contributed by atoms with Gasteiger partial charge in [-0.3, -0.25) is 0 Å². The van der Waals surface area contributed by atoms with Crippen LogP contribution in [0.5, 0.6) is 5.75 Å². The molecule has 96 valence electrons. The quantitative estimate of drug-likeness (QED) is 0.849. The molecule has 0 N–H and O–H groups in total. The monoisotopic (exact) mass is 323 g/mol. The van der Waals surface area contributed by atoms with Gasteiger partial charge in [-0.05, 0) is 35.9 Å². The predicted octanol–water partition coefficient (Wildman–Crippen LogP) is 4.18. The van der Waals surface area contributed by atoms with Gasteiger partial charge in [-0.25, -0.2) is 8.78 Å². The Kier molecular flexibility index (Phi) is 4.13. The molecule has 0 atom stereocenters. The van der Waals surface area contributed by atoms with Crippen LogP contribution in [0.1, 0.15) is 11.1 Å². The minimum absolute atomic E-state index is 0.0580. The molecule has 0 aromatic heterocycles. The molecule has 0 aliphatic rings. The Balaban J connectivity index is 2.13. The lowest BCUT2D eigenvalue weighted by Crippen LogP contribution is -1.98. The van der Waals surface area contributed by atoms with Gasteiger partial charge in [0.2, 0.25) is 0 Å². The van der Waals surface area contributed by atoms with Crippen molar-refractivity contribution < 1.29 is 13.5 Å². The molecule has 0 aliphatic carbocycles. The molecule has 2 aromatic carbocycles. The maximum atomic E-state index is 13.5. The molecule has 0 fully saturated rings. The highest BCUT2D eigenvalue weighted by atomic mass is 79.9. The zero-order valence-electron chi connectivity index (χ0n) is 9.66. The molecule has 0 saturated carbocycles. The van der Waals surface area contributed by atoms with E-state index in [2.05, 4.69) is 15.9 Å². The third-order valence-electron chi connectivity index (χ3n) is 2.44. The number of benzene rings is 2. The molecule has 0 spiro atoms. The molecule has 0 bridgehead atoms. The third kappa shape index (κ3) is 3.30. The summed E-state index contributed by atoms with van der Waals surface area (Å²) in [4.78, 5) is 0. The zero-order valence-corrected chi connectivity index (χ0v) is 11.2. The first kappa shape index (κ1) is 13.5. The molecule has 2 nitrogen and oxygen atoms in total. The average Bonchev–Trinajstić information content (AvgIpc) is 2.39. The van der Waals surface area contributed by atoms with Crippen LogP contribution >= 0.6 is 15.9 Å². The normalized spacial score (nSPS) is 10.0. The van der Waals surface area contributed by atoms with E-state index in [0.29, 0.717) is 10.0 Å². The van der Waals surface area contributed by atoms with Crippen LogP contribution in [0.2, 0.25) is 0 Å². The number of nitrogens with zero attached hydrogens (tertiary/aromatic N) is 1. The fourth-order valence-corrected chi connectivity index (χ4v) is 1.83. The van der Waals surface area contributed by atoms with Crippen molar-refractivity contribution in [1.29, 1.82) is 5.26 Å². The molecule has 0 radical (unpaired) electrons. The van der Waals surface area contributed by atoms with Gasteiger partial charge in [-0.2, -0.15) is 5.26 Å². The van der Waals surface area contributed by atoms with Crippen molar-refractivity contribution in [2.75, 3.05) is 0 Å². The fraction of sp³-hybridized carbons (Fsp3) is 0.0714. The molecule has 0 amide bonds. The number of nitriles is 1. The lowest BCUT2D eigenvalue weighted by atomic mass is 10.1. The van der Waals surface area contributed by atoms with Crippen molar-refractivity contribution in [2.45, 2.75) is 6.61 Å². The first-order valence-electron chi connectivity index (χ1n) is 5.36. The van der Waals surface area contributed by atoms with Gasteiger partial charge in [0, 0.05) is 4.47 Å². The van der Waals surface area contributed by atoms with E-state index in [4.69, 9.17) is 10.00 Å². The highest BCUT2D eigenvalue weighted by Gasteiger charge is 2.06. The smallest absolute Gasteiger partial charge is 0.166 e. The number of hydrogen-bond acceptors (Lipinski definition) is 2. The minimum atomic E-state index is -0.582. The van der Waals surface area contributed by atoms with Crippen LogP contribution < -0.4 is 4.74 Å². The maximum absolute atomic E-state index is 13.5. The van der Waals surface area contributed by atoms with Gasteiger partial charge in [0.25, 0.3) is 0 Å². The van der Waals surface area contributed by atoms with Gasteiger partial charge < -0.3 is 4.74 Å². The van der Waals surface area contributed by atoms with Crippen LogP contribution in [-0.2, 0) is 6.61 Å². The van der Waals surface area contributed by atoms with Gasteiger partial charge in [-0.1, -0.05) is 22.0 Å². The molecule has 0 unspecified atom stereocenters. The van der Waals surface area contributed by atoms with Gasteiger partial charge >= 0.3 is 0 Å². The molecular weight excluding hydrogens is 316 g/mol. The Bertz CT molecular complexity index is 652. The van der Waals surface area contributed by atoms with Gasteiger partial charge in [0.05, 0.1) is 5.56 Å². The molecule has 5 heteroatoms. The van der Waals surface area contributed by atoms with Crippen molar-refractivity contribution in [3.05, 3.63) is 63.6 Å². The molecule has 2 aromatic rings. The molecule has 0 aliphatic heterocycles. The number of ether oxygens (including phenoxy) is 1. The van der Waals surface area contributed by atoms with E-state index in [1.165, 1.54) is 30.3 Å². The van der Waals surface area contributed by atoms with E-state index in [1.54, 1.807) is 12.1 Å². The Morgan fingerprint density at radius 1 is 1.11 bits per heavy atom. The number of rotatable bonds is 3. The standard InChI is InChI=1S/C14H8BrF2NO/c15-11-2-4-14(13(17)6-11)19-8-9-1-3-12(16)10(5-9)7-18/h1-6H,8H2. The average molecular weight is 324 g/mol. The summed E-state index contributed by atoms with van der Waals surface area (Å²) in [6, 6.07) is 10.2. The summed E-state index contributed by atoms with van der Waals surface area (Å²) in [6.45, 7) is 0.0630. The van der Waals surface area contributed by atoms with Gasteiger partial charge in [0.15, 0.2) is 11.6 Å². The largest absolute Gasteiger partial charge is 0.486 e. The SMILES string of the molecule is N#Cc1cc(COc2ccc(Br)cc2F)ccc1F. The predicted molar refractivity (Wildman–Crippen MR) is 69.5 cm³/mol. The first-order valence-corrected chi connectivity index (χ1v) is 6.16. The summed E-state index contributed by atoms with van der Waals surface area (Å²) < 4.78 is 32.5. The van der Waals surface area contributed by atoms with Crippen LogP contribution in [0, 0.1) is 23.0 Å². The van der Waals surface area contributed by atoms with Crippen LogP contribution in [0.3, 0.4) is 0 Å². The molecule has 0 heterocycles. The first-order chi connectivity index (χ1) is 9.10. The van der Waals surface area contributed by atoms with E-state index in [-0.39, 0.29) is 17.9 Å². The van der Waals surface area contributed by atoms with Crippen molar-refractivity contribution in [1.82, 2.24) is 0 Å². The van der Waals surface area contributed by atoms with Crippen LogP contribution in [0.25, 0.3) is 0 Å². The maximum Gasteiger partial charge on any atom is 0.166 e. The van der Waals surface area contributed by atoms with Crippen LogP contribution in [0.4, 0.5) is 8.78 Å². The highest BCUT2D eigenvalue weighted by Crippen LogP contribution is 2.22. The van der Waals surface area contributed by atoms with Crippen molar-refractivity contribution in [3.8, 4) is 11.8 Å². The van der Waals surface area contributed by atoms with E-state index in [9.17, 15) is 8.78 Å². The summed E-state index contributed by atoms with van der Waals surface area (Å²) in [5, 5.41) is 8.71. The van der Waals surface area contributed by atoms with E-state index >= 15 is 0 Å². The lowest BCUT2D eigenvalue weighted by molar-refractivity contribution is 0.290. The van der Waals surface area contributed by atoms with E-state index < -0.39 is 11.6 Å². The Morgan fingerprint density at radius 3 is 2.58 bits per heavy atom. The lowest BCUT2D eigenvalue weighted by Gasteiger charge is -2.08. The zero-order chi connectivity index (χ0) is 13.8.